The summed E-state index contributed by atoms with van der Waals surface area (Å²) in [4.78, 5) is 18.9. The lowest BCUT2D eigenvalue weighted by atomic mass is 10.3. The van der Waals surface area contributed by atoms with Crippen LogP contribution in [0.1, 0.15) is 5.56 Å². The number of rotatable bonds is 3. The van der Waals surface area contributed by atoms with Crippen LogP contribution in [0.4, 0.5) is 5.69 Å². The topological polar surface area (TPSA) is 68.9 Å². The van der Waals surface area contributed by atoms with Gasteiger partial charge in [-0.3, -0.25) is 10.1 Å². The summed E-state index contributed by atoms with van der Waals surface area (Å²) >= 11 is 7.12. The van der Waals surface area contributed by atoms with Crippen LogP contribution in [0, 0.1) is 17.0 Å². The van der Waals surface area contributed by atoms with E-state index < -0.39 is 4.92 Å². The number of aromatic nitrogens is 2. The van der Waals surface area contributed by atoms with Gasteiger partial charge in [-0.1, -0.05) is 11.8 Å². The molecule has 0 spiro atoms. The molecule has 2 rings (SSSR count). The minimum atomic E-state index is -0.429. The van der Waals surface area contributed by atoms with Gasteiger partial charge in [0.15, 0.2) is 0 Å². The van der Waals surface area contributed by atoms with E-state index in [-0.39, 0.29) is 11.0 Å². The molecule has 0 aliphatic rings. The number of nitro benzene ring substituents is 1. The highest BCUT2D eigenvalue weighted by atomic mass is 35.5. The summed E-state index contributed by atoms with van der Waals surface area (Å²) in [7, 11) is 0. The molecule has 0 atom stereocenters. The van der Waals surface area contributed by atoms with Gasteiger partial charge in [0.05, 0.1) is 4.92 Å². The standard InChI is InChI=1S/C11H8ClN3O2S/c1-7-6-13-11(12)14-10(7)18-9-4-2-8(3-5-9)15(16)17/h2-6H,1H3. The van der Waals surface area contributed by atoms with Crippen molar-refractivity contribution in [1.82, 2.24) is 9.97 Å². The molecule has 0 radical (unpaired) electrons. The monoisotopic (exact) mass is 281 g/mol. The number of halogens is 1. The Labute approximate surface area is 112 Å². The Morgan fingerprint density at radius 1 is 1.33 bits per heavy atom. The van der Waals surface area contributed by atoms with Crippen LogP contribution in [0.3, 0.4) is 0 Å². The van der Waals surface area contributed by atoms with Gasteiger partial charge >= 0.3 is 0 Å². The molecule has 2 aromatic rings. The maximum atomic E-state index is 10.5. The van der Waals surface area contributed by atoms with E-state index in [9.17, 15) is 10.1 Å². The molecule has 7 heteroatoms. The molecule has 1 aromatic heterocycles. The maximum Gasteiger partial charge on any atom is 0.269 e. The maximum absolute atomic E-state index is 10.5. The van der Waals surface area contributed by atoms with Gasteiger partial charge in [0, 0.05) is 28.8 Å². The fraction of sp³-hybridized carbons (Fsp3) is 0.0909. The van der Waals surface area contributed by atoms with Crippen molar-refractivity contribution < 1.29 is 4.92 Å². The Kier molecular flexibility index (Phi) is 3.78. The Morgan fingerprint density at radius 2 is 2.00 bits per heavy atom. The second kappa shape index (κ2) is 5.32. The highest BCUT2D eigenvalue weighted by Crippen LogP contribution is 2.29. The van der Waals surface area contributed by atoms with Crippen molar-refractivity contribution in [1.29, 1.82) is 0 Å². The van der Waals surface area contributed by atoms with Gasteiger partial charge in [-0.05, 0) is 30.7 Å². The van der Waals surface area contributed by atoms with Gasteiger partial charge < -0.3 is 0 Å². The third-order valence-electron chi connectivity index (χ3n) is 2.16. The second-order valence-electron chi connectivity index (χ2n) is 3.48. The highest BCUT2D eigenvalue weighted by molar-refractivity contribution is 7.99. The molecule has 5 nitrogen and oxygen atoms in total. The van der Waals surface area contributed by atoms with Crippen LogP contribution in [0.5, 0.6) is 0 Å². The third kappa shape index (κ3) is 2.96. The predicted molar refractivity (Wildman–Crippen MR) is 69.0 cm³/mol. The summed E-state index contributed by atoms with van der Waals surface area (Å²) in [6.45, 7) is 1.88. The minimum absolute atomic E-state index is 0.0665. The van der Waals surface area contributed by atoms with Crippen LogP contribution in [0.2, 0.25) is 5.28 Å². The zero-order valence-corrected chi connectivity index (χ0v) is 10.9. The van der Waals surface area contributed by atoms with Crippen LogP contribution >= 0.6 is 23.4 Å². The number of benzene rings is 1. The third-order valence-corrected chi connectivity index (χ3v) is 3.45. The molecular formula is C11H8ClN3O2S. The summed E-state index contributed by atoms with van der Waals surface area (Å²) in [6, 6.07) is 6.28. The lowest BCUT2D eigenvalue weighted by Gasteiger charge is -2.03. The van der Waals surface area contributed by atoms with Gasteiger partial charge in [0.1, 0.15) is 5.03 Å². The first kappa shape index (κ1) is 12.8. The SMILES string of the molecule is Cc1cnc(Cl)nc1Sc1ccc([N+](=O)[O-])cc1. The van der Waals surface area contributed by atoms with E-state index in [1.165, 1.54) is 23.9 Å². The molecule has 0 aliphatic heterocycles. The zero-order valence-electron chi connectivity index (χ0n) is 9.33. The predicted octanol–water partition coefficient (Wildman–Crippen LogP) is 3.50. The number of hydrogen-bond donors (Lipinski definition) is 0. The average molecular weight is 282 g/mol. The Bertz CT molecular complexity index is 589. The highest BCUT2D eigenvalue weighted by Gasteiger charge is 2.07. The van der Waals surface area contributed by atoms with Crippen LogP contribution in [-0.4, -0.2) is 14.9 Å². The number of nitrogens with zero attached hydrogens (tertiary/aromatic N) is 3. The van der Waals surface area contributed by atoms with Crippen LogP contribution < -0.4 is 0 Å². The smallest absolute Gasteiger partial charge is 0.258 e. The molecule has 92 valence electrons. The van der Waals surface area contributed by atoms with E-state index in [1.807, 2.05) is 6.92 Å². The van der Waals surface area contributed by atoms with Gasteiger partial charge in [-0.25, -0.2) is 9.97 Å². The van der Waals surface area contributed by atoms with Gasteiger partial charge in [0.25, 0.3) is 5.69 Å². The summed E-state index contributed by atoms with van der Waals surface area (Å²) in [5.74, 6) is 0. The molecule has 0 bridgehead atoms. The lowest BCUT2D eigenvalue weighted by molar-refractivity contribution is -0.384. The van der Waals surface area contributed by atoms with Crippen molar-refractivity contribution >= 4 is 29.1 Å². The van der Waals surface area contributed by atoms with E-state index in [0.717, 1.165) is 15.5 Å². The molecule has 1 aromatic carbocycles. The lowest BCUT2D eigenvalue weighted by Crippen LogP contribution is -1.90. The summed E-state index contributed by atoms with van der Waals surface area (Å²) < 4.78 is 0. The normalized spacial score (nSPS) is 10.3. The zero-order chi connectivity index (χ0) is 13.1. The van der Waals surface area contributed by atoms with Crippen molar-refractivity contribution in [2.45, 2.75) is 16.8 Å². The number of non-ortho nitro benzene ring substituents is 1. The number of nitro groups is 1. The molecular weight excluding hydrogens is 274 g/mol. The molecule has 1 heterocycles. The average Bonchev–Trinajstić information content (AvgIpc) is 2.34. The van der Waals surface area contributed by atoms with Crippen molar-refractivity contribution in [2.75, 3.05) is 0 Å². The van der Waals surface area contributed by atoms with Crippen LogP contribution in [0.15, 0.2) is 40.4 Å². The van der Waals surface area contributed by atoms with E-state index in [0.29, 0.717) is 0 Å². The Balaban J connectivity index is 2.23. The van der Waals surface area contributed by atoms with Gasteiger partial charge in [-0.15, -0.1) is 0 Å². The molecule has 0 fully saturated rings. The van der Waals surface area contributed by atoms with Gasteiger partial charge in [-0.2, -0.15) is 0 Å². The first-order chi connectivity index (χ1) is 8.56. The van der Waals surface area contributed by atoms with Crippen molar-refractivity contribution in [3.8, 4) is 0 Å². The van der Waals surface area contributed by atoms with E-state index >= 15 is 0 Å². The van der Waals surface area contributed by atoms with Crippen LogP contribution in [-0.2, 0) is 0 Å². The van der Waals surface area contributed by atoms with Crippen molar-refractivity contribution in [3.63, 3.8) is 0 Å². The largest absolute Gasteiger partial charge is 0.269 e. The number of hydrogen-bond acceptors (Lipinski definition) is 5. The summed E-state index contributed by atoms with van der Waals surface area (Å²) in [6.07, 6.45) is 1.64. The van der Waals surface area contributed by atoms with Crippen molar-refractivity contribution in [3.05, 3.63) is 51.4 Å². The first-order valence-corrected chi connectivity index (χ1v) is 6.17. The molecule has 0 N–H and O–H groups in total. The second-order valence-corrected chi connectivity index (χ2v) is 4.88. The summed E-state index contributed by atoms with van der Waals surface area (Å²) in [5, 5.41) is 11.5. The Morgan fingerprint density at radius 3 is 2.61 bits per heavy atom. The Hall–Kier alpha value is -1.66. The number of aryl methyl sites for hydroxylation is 1. The minimum Gasteiger partial charge on any atom is -0.258 e. The van der Waals surface area contributed by atoms with E-state index in [1.54, 1.807) is 18.3 Å². The quantitative estimate of drug-likeness (QED) is 0.373. The molecule has 0 unspecified atom stereocenters. The molecule has 0 saturated heterocycles. The fourth-order valence-electron chi connectivity index (χ4n) is 1.26. The molecule has 0 amide bonds. The molecule has 18 heavy (non-hydrogen) atoms. The van der Waals surface area contributed by atoms with Gasteiger partial charge in [0.2, 0.25) is 5.28 Å². The fourth-order valence-corrected chi connectivity index (χ4v) is 2.28. The molecule has 0 aliphatic carbocycles. The van der Waals surface area contributed by atoms with E-state index in [2.05, 4.69) is 9.97 Å². The summed E-state index contributed by atoms with van der Waals surface area (Å²) in [5.41, 5.74) is 0.972. The molecule has 0 saturated carbocycles. The first-order valence-electron chi connectivity index (χ1n) is 4.98. The van der Waals surface area contributed by atoms with E-state index in [4.69, 9.17) is 11.6 Å². The van der Waals surface area contributed by atoms with Crippen LogP contribution in [0.25, 0.3) is 0 Å². The van der Waals surface area contributed by atoms with Crippen molar-refractivity contribution in [2.24, 2.45) is 0 Å².